The van der Waals surface area contributed by atoms with Gasteiger partial charge >= 0.3 is 0 Å². The Kier molecular flexibility index (Phi) is 4.71. The summed E-state index contributed by atoms with van der Waals surface area (Å²) >= 11 is 1.80. The van der Waals surface area contributed by atoms with E-state index in [1.807, 2.05) is 0 Å². The molecular weight excluding hydrogens is 240 g/mol. The summed E-state index contributed by atoms with van der Waals surface area (Å²) in [6.45, 7) is 6.52. The Morgan fingerprint density at radius 1 is 1.33 bits per heavy atom. The van der Waals surface area contributed by atoms with Crippen LogP contribution in [-0.2, 0) is 0 Å². The summed E-state index contributed by atoms with van der Waals surface area (Å²) in [5, 5.41) is 0. The number of hydrogen-bond acceptors (Lipinski definition) is 3. The van der Waals surface area contributed by atoms with E-state index in [0.29, 0.717) is 18.0 Å². The molecule has 1 heterocycles. The lowest BCUT2D eigenvalue weighted by Crippen LogP contribution is -2.33. The number of benzene rings is 1. The van der Waals surface area contributed by atoms with E-state index in [9.17, 15) is 0 Å². The molecule has 18 heavy (non-hydrogen) atoms. The summed E-state index contributed by atoms with van der Waals surface area (Å²) in [4.78, 5) is 3.92. The van der Waals surface area contributed by atoms with Gasteiger partial charge in [-0.1, -0.05) is 12.1 Å². The highest BCUT2D eigenvalue weighted by Gasteiger charge is 2.35. The third kappa shape index (κ3) is 2.73. The van der Waals surface area contributed by atoms with Crippen molar-refractivity contribution in [2.24, 2.45) is 11.7 Å². The molecule has 1 aromatic carbocycles. The number of hydrogen-bond donors (Lipinski definition) is 1. The molecule has 2 rings (SSSR count). The summed E-state index contributed by atoms with van der Waals surface area (Å²) < 4.78 is 0. The number of thioether (sulfide) groups is 1. The first-order chi connectivity index (χ1) is 8.67. The predicted octanol–water partition coefficient (Wildman–Crippen LogP) is 3.14. The summed E-state index contributed by atoms with van der Waals surface area (Å²) in [5.41, 5.74) is 7.37. The maximum atomic E-state index is 5.95. The minimum Gasteiger partial charge on any atom is -0.330 e. The van der Waals surface area contributed by atoms with Gasteiger partial charge in [0.1, 0.15) is 0 Å². The summed E-state index contributed by atoms with van der Waals surface area (Å²) in [6, 6.07) is 10.1. The van der Waals surface area contributed by atoms with Crippen LogP contribution < -0.4 is 5.73 Å². The molecule has 2 nitrogen and oxygen atoms in total. The number of likely N-dealkylation sites (tertiary alicyclic amines) is 1. The third-order valence-corrected chi connectivity index (χ3v) is 4.73. The van der Waals surface area contributed by atoms with Gasteiger partial charge < -0.3 is 5.73 Å². The second-order valence-electron chi connectivity index (χ2n) is 5.33. The van der Waals surface area contributed by atoms with Crippen LogP contribution in [-0.4, -0.2) is 30.3 Å². The molecule has 0 bridgehead atoms. The molecule has 1 saturated heterocycles. The molecule has 3 heteroatoms. The van der Waals surface area contributed by atoms with Gasteiger partial charge in [-0.25, -0.2) is 0 Å². The van der Waals surface area contributed by atoms with Crippen LogP contribution in [0.4, 0.5) is 0 Å². The van der Waals surface area contributed by atoms with Crippen LogP contribution in [0.5, 0.6) is 0 Å². The van der Waals surface area contributed by atoms with Crippen LogP contribution in [0, 0.1) is 5.92 Å². The first-order valence-corrected chi connectivity index (χ1v) is 7.99. The van der Waals surface area contributed by atoms with Gasteiger partial charge in [-0.15, -0.1) is 11.8 Å². The summed E-state index contributed by atoms with van der Waals surface area (Å²) in [7, 11) is 0. The molecule has 0 aliphatic carbocycles. The van der Waals surface area contributed by atoms with E-state index in [4.69, 9.17) is 5.73 Å². The highest BCUT2D eigenvalue weighted by atomic mass is 32.2. The van der Waals surface area contributed by atoms with E-state index in [1.54, 1.807) is 11.8 Å². The van der Waals surface area contributed by atoms with Gasteiger partial charge in [0.25, 0.3) is 0 Å². The fraction of sp³-hybridized carbons (Fsp3) is 0.600. The van der Waals surface area contributed by atoms with E-state index in [0.717, 1.165) is 6.54 Å². The van der Waals surface area contributed by atoms with Crippen LogP contribution in [0.1, 0.15) is 31.9 Å². The lowest BCUT2D eigenvalue weighted by molar-refractivity contribution is 0.184. The molecule has 2 atom stereocenters. The minimum absolute atomic E-state index is 0.505. The van der Waals surface area contributed by atoms with Gasteiger partial charge in [-0.3, -0.25) is 4.90 Å². The molecule has 0 spiro atoms. The van der Waals surface area contributed by atoms with E-state index < -0.39 is 0 Å². The SMILES string of the molecule is CSc1ccc(C2C(CN)CCN2C(C)C)cc1. The second kappa shape index (κ2) is 6.09. The van der Waals surface area contributed by atoms with Crippen molar-refractivity contribution in [2.45, 2.75) is 37.2 Å². The molecule has 100 valence electrons. The zero-order valence-corrected chi connectivity index (χ0v) is 12.4. The zero-order chi connectivity index (χ0) is 13.1. The van der Waals surface area contributed by atoms with Crippen LogP contribution >= 0.6 is 11.8 Å². The van der Waals surface area contributed by atoms with E-state index >= 15 is 0 Å². The number of nitrogens with two attached hydrogens (primary N) is 1. The van der Waals surface area contributed by atoms with Crippen molar-refractivity contribution in [1.82, 2.24) is 4.90 Å². The Balaban J connectivity index is 2.25. The van der Waals surface area contributed by atoms with E-state index in [1.165, 1.54) is 23.4 Å². The number of rotatable bonds is 4. The van der Waals surface area contributed by atoms with Crippen LogP contribution in [0.25, 0.3) is 0 Å². The van der Waals surface area contributed by atoms with Crippen molar-refractivity contribution < 1.29 is 0 Å². The molecule has 2 N–H and O–H groups in total. The Bertz CT molecular complexity index is 375. The molecule has 1 aliphatic rings. The van der Waals surface area contributed by atoms with Crippen molar-refractivity contribution in [3.8, 4) is 0 Å². The monoisotopic (exact) mass is 264 g/mol. The molecular formula is C15H24N2S. The number of nitrogens with zero attached hydrogens (tertiary/aromatic N) is 1. The van der Waals surface area contributed by atoms with Crippen LogP contribution in [0.3, 0.4) is 0 Å². The van der Waals surface area contributed by atoms with Crippen LogP contribution in [0.15, 0.2) is 29.2 Å². The standard InChI is InChI=1S/C15H24N2S/c1-11(2)17-9-8-13(10-16)15(17)12-4-6-14(18-3)7-5-12/h4-7,11,13,15H,8-10,16H2,1-3H3. The molecule has 1 aromatic rings. The zero-order valence-electron chi connectivity index (χ0n) is 11.6. The maximum Gasteiger partial charge on any atom is 0.0391 e. The van der Waals surface area contributed by atoms with Crippen molar-refractivity contribution in [3.63, 3.8) is 0 Å². The predicted molar refractivity (Wildman–Crippen MR) is 80.0 cm³/mol. The fourth-order valence-corrected chi connectivity index (χ4v) is 3.38. The molecule has 0 saturated carbocycles. The van der Waals surface area contributed by atoms with Gasteiger partial charge in [0.2, 0.25) is 0 Å². The molecule has 1 aliphatic heterocycles. The summed E-state index contributed by atoms with van der Waals surface area (Å²) in [6.07, 6.45) is 3.34. The minimum atomic E-state index is 0.505. The Hall–Kier alpha value is -0.510. The lowest BCUT2D eigenvalue weighted by atomic mass is 9.93. The van der Waals surface area contributed by atoms with Gasteiger partial charge in [0.05, 0.1) is 0 Å². The van der Waals surface area contributed by atoms with Crippen LogP contribution in [0.2, 0.25) is 0 Å². The first-order valence-electron chi connectivity index (χ1n) is 6.77. The maximum absolute atomic E-state index is 5.95. The normalized spacial score (nSPS) is 24.9. The van der Waals surface area contributed by atoms with E-state index in [-0.39, 0.29) is 0 Å². The average Bonchev–Trinajstić information content (AvgIpc) is 2.82. The Morgan fingerprint density at radius 2 is 2.00 bits per heavy atom. The van der Waals surface area contributed by atoms with E-state index in [2.05, 4.69) is 49.3 Å². The van der Waals surface area contributed by atoms with Crippen molar-refractivity contribution in [3.05, 3.63) is 29.8 Å². The second-order valence-corrected chi connectivity index (χ2v) is 6.21. The smallest absolute Gasteiger partial charge is 0.0391 e. The molecule has 1 fully saturated rings. The first kappa shape index (κ1) is 13.9. The van der Waals surface area contributed by atoms with Crippen molar-refractivity contribution >= 4 is 11.8 Å². The van der Waals surface area contributed by atoms with Gasteiger partial charge in [0.15, 0.2) is 0 Å². The largest absolute Gasteiger partial charge is 0.330 e. The summed E-state index contributed by atoms with van der Waals surface area (Å²) in [5.74, 6) is 0.604. The quantitative estimate of drug-likeness (QED) is 0.847. The van der Waals surface area contributed by atoms with Crippen molar-refractivity contribution in [1.29, 1.82) is 0 Å². The highest BCUT2D eigenvalue weighted by molar-refractivity contribution is 7.98. The lowest BCUT2D eigenvalue weighted by Gasteiger charge is -2.31. The molecule has 0 radical (unpaired) electrons. The Morgan fingerprint density at radius 3 is 2.50 bits per heavy atom. The third-order valence-electron chi connectivity index (χ3n) is 3.99. The molecule has 2 unspecified atom stereocenters. The van der Waals surface area contributed by atoms with Crippen molar-refractivity contribution in [2.75, 3.05) is 19.3 Å². The van der Waals surface area contributed by atoms with Gasteiger partial charge in [0, 0.05) is 17.0 Å². The Labute approximate surface area is 115 Å². The average molecular weight is 264 g/mol. The van der Waals surface area contributed by atoms with Gasteiger partial charge in [-0.2, -0.15) is 0 Å². The van der Waals surface area contributed by atoms with Gasteiger partial charge in [-0.05, 0) is 63.2 Å². The molecule has 0 aromatic heterocycles. The fourth-order valence-electron chi connectivity index (χ4n) is 2.97. The topological polar surface area (TPSA) is 29.3 Å². The molecule has 0 amide bonds. The highest BCUT2D eigenvalue weighted by Crippen LogP contribution is 2.38.